The topological polar surface area (TPSA) is 75.2 Å². The minimum atomic E-state index is -0.550. The van der Waals surface area contributed by atoms with E-state index < -0.39 is 11.7 Å². The van der Waals surface area contributed by atoms with E-state index in [-0.39, 0.29) is 29.8 Å². The molecular weight excluding hydrogens is 367 g/mol. The Morgan fingerprint density at radius 2 is 2.28 bits per heavy atom. The molecule has 0 radical (unpaired) electrons. The summed E-state index contributed by atoms with van der Waals surface area (Å²) in [6.45, 7) is 2.26. The van der Waals surface area contributed by atoms with E-state index in [0.717, 1.165) is 17.8 Å². The summed E-state index contributed by atoms with van der Waals surface area (Å²) in [5.74, 6) is -1.53. The quantitative estimate of drug-likeness (QED) is 0.861. The molecule has 1 fully saturated rings. The van der Waals surface area contributed by atoms with Crippen molar-refractivity contribution in [2.45, 2.75) is 26.2 Å². The Kier molecular flexibility index (Phi) is 5.29. The first-order valence-electron chi connectivity index (χ1n) is 7.86. The van der Waals surface area contributed by atoms with Gasteiger partial charge in [-0.1, -0.05) is 29.9 Å². The number of aromatic nitrogens is 2. The maximum absolute atomic E-state index is 13.3. The zero-order valence-corrected chi connectivity index (χ0v) is 15.0. The van der Waals surface area contributed by atoms with Crippen LogP contribution in [0.2, 0.25) is 5.02 Å². The SMILES string of the molecule is CCCc1nnc(NC(=O)C2CC(=O)N(c3ccc(F)c(Cl)c3)C2)s1. The van der Waals surface area contributed by atoms with Crippen LogP contribution in [0.25, 0.3) is 0 Å². The number of benzene rings is 1. The van der Waals surface area contributed by atoms with Crippen LogP contribution >= 0.6 is 22.9 Å². The number of hydrogen-bond acceptors (Lipinski definition) is 5. The van der Waals surface area contributed by atoms with Crippen LogP contribution in [-0.2, 0) is 16.0 Å². The first-order valence-corrected chi connectivity index (χ1v) is 9.06. The summed E-state index contributed by atoms with van der Waals surface area (Å²) in [6, 6.07) is 4.06. The Labute approximate surface area is 153 Å². The van der Waals surface area contributed by atoms with Crippen molar-refractivity contribution >= 4 is 45.6 Å². The second-order valence-electron chi connectivity index (χ2n) is 5.74. The van der Waals surface area contributed by atoms with Gasteiger partial charge in [0.1, 0.15) is 10.8 Å². The summed E-state index contributed by atoms with van der Waals surface area (Å²) < 4.78 is 13.3. The number of nitrogens with zero attached hydrogens (tertiary/aromatic N) is 3. The van der Waals surface area contributed by atoms with Crippen LogP contribution in [0.15, 0.2) is 18.2 Å². The van der Waals surface area contributed by atoms with Crippen LogP contribution in [-0.4, -0.2) is 28.6 Å². The fraction of sp³-hybridized carbons (Fsp3) is 0.375. The van der Waals surface area contributed by atoms with Gasteiger partial charge in [0.25, 0.3) is 0 Å². The molecular formula is C16H16ClFN4O2S. The van der Waals surface area contributed by atoms with Gasteiger partial charge in [-0.05, 0) is 24.6 Å². The van der Waals surface area contributed by atoms with E-state index >= 15 is 0 Å². The van der Waals surface area contributed by atoms with Crippen molar-refractivity contribution in [1.82, 2.24) is 10.2 Å². The van der Waals surface area contributed by atoms with E-state index in [2.05, 4.69) is 15.5 Å². The molecule has 1 aromatic carbocycles. The number of nitrogens with one attached hydrogen (secondary N) is 1. The van der Waals surface area contributed by atoms with Crippen LogP contribution in [0.4, 0.5) is 15.2 Å². The van der Waals surface area contributed by atoms with Gasteiger partial charge in [-0.3, -0.25) is 9.59 Å². The van der Waals surface area contributed by atoms with Gasteiger partial charge in [0.15, 0.2) is 0 Å². The van der Waals surface area contributed by atoms with E-state index in [9.17, 15) is 14.0 Å². The van der Waals surface area contributed by atoms with Gasteiger partial charge < -0.3 is 10.2 Å². The highest BCUT2D eigenvalue weighted by Gasteiger charge is 2.35. The average molecular weight is 383 g/mol. The lowest BCUT2D eigenvalue weighted by molar-refractivity contribution is -0.122. The molecule has 25 heavy (non-hydrogen) atoms. The summed E-state index contributed by atoms with van der Waals surface area (Å²) in [7, 11) is 0. The molecule has 132 valence electrons. The zero-order valence-electron chi connectivity index (χ0n) is 13.5. The lowest BCUT2D eigenvalue weighted by Crippen LogP contribution is -2.28. The maximum atomic E-state index is 13.3. The van der Waals surface area contributed by atoms with E-state index in [0.29, 0.717) is 10.8 Å². The number of anilines is 2. The monoisotopic (exact) mass is 382 g/mol. The summed E-state index contributed by atoms with van der Waals surface area (Å²) in [5, 5.41) is 11.9. The van der Waals surface area contributed by atoms with Crippen LogP contribution < -0.4 is 10.2 Å². The third-order valence-electron chi connectivity index (χ3n) is 3.87. The molecule has 2 heterocycles. The minimum absolute atomic E-state index is 0.0597. The molecule has 1 N–H and O–H groups in total. The summed E-state index contributed by atoms with van der Waals surface area (Å²) in [4.78, 5) is 26.0. The van der Waals surface area contributed by atoms with Crippen LogP contribution in [0, 0.1) is 11.7 Å². The van der Waals surface area contributed by atoms with E-state index in [1.165, 1.54) is 34.4 Å². The predicted molar refractivity (Wildman–Crippen MR) is 94.4 cm³/mol. The number of halogens is 2. The molecule has 2 aromatic rings. The third-order valence-corrected chi connectivity index (χ3v) is 5.06. The van der Waals surface area contributed by atoms with Gasteiger partial charge in [0, 0.05) is 25.1 Å². The van der Waals surface area contributed by atoms with Gasteiger partial charge in [0.05, 0.1) is 10.9 Å². The summed E-state index contributed by atoms with van der Waals surface area (Å²) in [5.41, 5.74) is 0.479. The second-order valence-corrected chi connectivity index (χ2v) is 7.21. The van der Waals surface area contributed by atoms with Gasteiger partial charge in [-0.2, -0.15) is 0 Å². The van der Waals surface area contributed by atoms with Crippen molar-refractivity contribution in [3.63, 3.8) is 0 Å². The van der Waals surface area contributed by atoms with Crippen molar-refractivity contribution in [3.8, 4) is 0 Å². The van der Waals surface area contributed by atoms with Crippen molar-refractivity contribution in [2.75, 3.05) is 16.8 Å². The molecule has 1 saturated heterocycles. The highest BCUT2D eigenvalue weighted by atomic mass is 35.5. The molecule has 1 unspecified atom stereocenters. The number of amides is 2. The molecule has 1 atom stereocenters. The molecule has 1 aromatic heterocycles. The molecule has 3 rings (SSSR count). The summed E-state index contributed by atoms with van der Waals surface area (Å²) >= 11 is 7.10. The smallest absolute Gasteiger partial charge is 0.231 e. The van der Waals surface area contributed by atoms with Crippen molar-refractivity contribution in [3.05, 3.63) is 34.0 Å². The van der Waals surface area contributed by atoms with Crippen molar-refractivity contribution in [1.29, 1.82) is 0 Å². The minimum Gasteiger partial charge on any atom is -0.312 e. The van der Waals surface area contributed by atoms with Gasteiger partial charge in [-0.15, -0.1) is 10.2 Å². The highest BCUT2D eigenvalue weighted by Crippen LogP contribution is 2.29. The molecule has 2 amide bonds. The average Bonchev–Trinajstić information content (AvgIpc) is 3.17. The first kappa shape index (κ1) is 17.8. The normalized spacial score (nSPS) is 17.2. The molecule has 0 aliphatic carbocycles. The van der Waals surface area contributed by atoms with Crippen LogP contribution in [0.5, 0.6) is 0 Å². The molecule has 1 aliphatic heterocycles. The Morgan fingerprint density at radius 3 is 3.00 bits per heavy atom. The lowest BCUT2D eigenvalue weighted by Gasteiger charge is -2.17. The number of aryl methyl sites for hydroxylation is 1. The Morgan fingerprint density at radius 1 is 1.48 bits per heavy atom. The third kappa shape index (κ3) is 3.96. The molecule has 0 saturated carbocycles. The molecule has 9 heteroatoms. The van der Waals surface area contributed by atoms with Gasteiger partial charge in [-0.25, -0.2) is 4.39 Å². The van der Waals surface area contributed by atoms with E-state index in [1.54, 1.807) is 0 Å². The van der Waals surface area contributed by atoms with Crippen LogP contribution in [0.1, 0.15) is 24.8 Å². The fourth-order valence-corrected chi connectivity index (χ4v) is 3.63. The molecule has 1 aliphatic rings. The Balaban J connectivity index is 1.66. The fourth-order valence-electron chi connectivity index (χ4n) is 2.61. The zero-order chi connectivity index (χ0) is 18.0. The Hall–Kier alpha value is -2.06. The lowest BCUT2D eigenvalue weighted by atomic mass is 10.1. The van der Waals surface area contributed by atoms with E-state index in [1.807, 2.05) is 6.92 Å². The second kappa shape index (κ2) is 7.45. The molecule has 0 spiro atoms. The maximum Gasteiger partial charge on any atom is 0.231 e. The van der Waals surface area contributed by atoms with Gasteiger partial charge >= 0.3 is 0 Å². The number of hydrogen-bond donors (Lipinski definition) is 1. The largest absolute Gasteiger partial charge is 0.312 e. The van der Waals surface area contributed by atoms with Crippen molar-refractivity contribution < 1.29 is 14.0 Å². The Bertz CT molecular complexity index is 813. The van der Waals surface area contributed by atoms with Gasteiger partial charge in [0.2, 0.25) is 16.9 Å². The van der Waals surface area contributed by atoms with Crippen molar-refractivity contribution in [2.24, 2.45) is 5.92 Å². The van der Waals surface area contributed by atoms with Crippen LogP contribution in [0.3, 0.4) is 0 Å². The molecule has 6 nitrogen and oxygen atoms in total. The standard InChI is InChI=1S/C16H16ClFN4O2S/c1-2-3-13-20-21-16(25-13)19-15(24)9-6-14(23)22(8-9)10-4-5-12(18)11(17)7-10/h4-5,7,9H,2-3,6,8H2,1H3,(H,19,21,24). The number of carbonyl (C=O) groups excluding carboxylic acids is 2. The highest BCUT2D eigenvalue weighted by molar-refractivity contribution is 7.15. The predicted octanol–water partition coefficient (Wildman–Crippen LogP) is 3.27. The first-order chi connectivity index (χ1) is 12.0. The number of rotatable bonds is 5. The summed E-state index contributed by atoms with van der Waals surface area (Å²) in [6.07, 6.45) is 1.85. The molecule has 0 bridgehead atoms. The van der Waals surface area contributed by atoms with E-state index in [4.69, 9.17) is 11.6 Å². The number of carbonyl (C=O) groups is 2.